The second-order valence-corrected chi connectivity index (χ2v) is 4.03. The van der Waals surface area contributed by atoms with Crippen LogP contribution in [0.3, 0.4) is 0 Å². The lowest BCUT2D eigenvalue weighted by molar-refractivity contribution is 0.485. The standard InChI is InChI=1S/C3H4S2.H4NO2P/c1-2-4-5-3-1;1-4(2)3/h1-2H,3H2;2-3H,1H2. The van der Waals surface area contributed by atoms with Crippen molar-refractivity contribution in [3.05, 3.63) is 11.5 Å². The molecule has 1 aliphatic rings. The first-order valence-corrected chi connectivity index (χ1v) is 5.79. The summed E-state index contributed by atoms with van der Waals surface area (Å²) in [5.74, 6) is 1.20. The van der Waals surface area contributed by atoms with Crippen LogP contribution in [0.1, 0.15) is 0 Å². The van der Waals surface area contributed by atoms with E-state index in [4.69, 9.17) is 9.79 Å². The summed E-state index contributed by atoms with van der Waals surface area (Å²) in [5.41, 5.74) is 4.29. The molecule has 0 atom stereocenters. The first-order chi connectivity index (χ1) is 4.23. The molecule has 0 aromatic carbocycles. The van der Waals surface area contributed by atoms with Gasteiger partial charge in [-0.1, -0.05) is 27.7 Å². The van der Waals surface area contributed by atoms with Gasteiger partial charge in [0.25, 0.3) is 0 Å². The fourth-order valence-corrected chi connectivity index (χ4v) is 1.77. The normalized spacial score (nSPS) is 15.6. The molecule has 0 radical (unpaired) electrons. The third-order valence-electron chi connectivity index (χ3n) is 0.384. The predicted octanol–water partition coefficient (Wildman–Crippen LogP) is 1.05. The molecule has 0 aromatic heterocycles. The topological polar surface area (TPSA) is 66.5 Å². The third-order valence-corrected chi connectivity index (χ3v) is 2.30. The van der Waals surface area contributed by atoms with Gasteiger partial charge in [-0.05, 0) is 5.41 Å². The molecular formula is C3H8NO2PS2. The molecule has 1 aliphatic heterocycles. The van der Waals surface area contributed by atoms with Crippen LogP contribution in [0.2, 0.25) is 0 Å². The largest absolute Gasteiger partial charge is 0.338 e. The minimum Gasteiger partial charge on any atom is -0.338 e. The van der Waals surface area contributed by atoms with E-state index in [1.54, 1.807) is 0 Å². The molecule has 54 valence electrons. The molecule has 0 bridgehead atoms. The highest BCUT2D eigenvalue weighted by Gasteiger charge is 1.85. The van der Waals surface area contributed by atoms with Crippen LogP contribution < -0.4 is 5.50 Å². The van der Waals surface area contributed by atoms with Gasteiger partial charge in [-0.2, -0.15) is 0 Å². The highest BCUT2D eigenvalue weighted by Crippen LogP contribution is 2.27. The van der Waals surface area contributed by atoms with Crippen molar-refractivity contribution >= 4 is 30.1 Å². The molecule has 4 N–H and O–H groups in total. The zero-order valence-electron chi connectivity index (χ0n) is 4.60. The molecule has 0 aliphatic carbocycles. The van der Waals surface area contributed by atoms with E-state index in [9.17, 15) is 0 Å². The van der Waals surface area contributed by atoms with Gasteiger partial charge in [-0.25, -0.2) is 0 Å². The lowest BCUT2D eigenvalue weighted by atomic mass is 10.8. The molecule has 0 saturated heterocycles. The molecular weight excluding hydrogens is 177 g/mol. The molecule has 1 rings (SSSR count). The first kappa shape index (κ1) is 9.75. The molecule has 0 fully saturated rings. The van der Waals surface area contributed by atoms with E-state index in [1.807, 2.05) is 21.6 Å². The summed E-state index contributed by atoms with van der Waals surface area (Å²) in [6.07, 6.45) is 2.16. The van der Waals surface area contributed by atoms with E-state index in [-0.39, 0.29) is 0 Å². The molecule has 0 amide bonds. The van der Waals surface area contributed by atoms with Crippen molar-refractivity contribution in [1.82, 2.24) is 0 Å². The second-order valence-electron chi connectivity index (χ2n) is 1.07. The Bertz CT molecular complexity index is 81.1. The number of hydrogen-bond acceptors (Lipinski definition) is 5. The Kier molecular flexibility index (Phi) is 7.44. The zero-order valence-corrected chi connectivity index (χ0v) is 7.12. The van der Waals surface area contributed by atoms with Crippen LogP contribution in [-0.2, 0) is 0 Å². The highest BCUT2D eigenvalue weighted by atomic mass is 33.1. The average molecular weight is 185 g/mol. The molecule has 3 nitrogen and oxygen atoms in total. The second kappa shape index (κ2) is 6.86. The van der Waals surface area contributed by atoms with Crippen molar-refractivity contribution in [2.24, 2.45) is 5.50 Å². The monoisotopic (exact) mass is 185 g/mol. The molecule has 0 saturated carbocycles. The maximum absolute atomic E-state index is 7.45. The first-order valence-electron chi connectivity index (χ1n) is 2.09. The Morgan fingerprint density at radius 3 is 2.22 bits per heavy atom. The Morgan fingerprint density at radius 2 is 2.11 bits per heavy atom. The summed E-state index contributed by atoms with van der Waals surface area (Å²) in [5, 5.41) is 2.12. The Labute approximate surface area is 63.1 Å². The van der Waals surface area contributed by atoms with Gasteiger partial charge in [0.15, 0.2) is 0 Å². The van der Waals surface area contributed by atoms with Crippen LogP contribution in [0.15, 0.2) is 11.5 Å². The van der Waals surface area contributed by atoms with Gasteiger partial charge >= 0.3 is 0 Å². The lowest BCUT2D eigenvalue weighted by Crippen LogP contribution is -1.78. The summed E-state index contributed by atoms with van der Waals surface area (Å²) in [6, 6.07) is 0. The summed E-state index contributed by atoms with van der Waals surface area (Å²) < 4.78 is 0. The number of hydrogen-bond donors (Lipinski definition) is 3. The van der Waals surface area contributed by atoms with E-state index < -0.39 is 8.53 Å². The van der Waals surface area contributed by atoms with E-state index in [0.717, 1.165) is 0 Å². The fourth-order valence-electron chi connectivity index (χ4n) is 0.196. The maximum atomic E-state index is 7.45. The Morgan fingerprint density at radius 1 is 1.56 bits per heavy atom. The van der Waals surface area contributed by atoms with Gasteiger partial charge in [0, 0.05) is 5.75 Å². The van der Waals surface area contributed by atoms with Crippen LogP contribution in [0.25, 0.3) is 0 Å². The summed E-state index contributed by atoms with van der Waals surface area (Å²) in [6.45, 7) is 0. The summed E-state index contributed by atoms with van der Waals surface area (Å²) >= 11 is 0. The van der Waals surface area contributed by atoms with Crippen molar-refractivity contribution in [3.63, 3.8) is 0 Å². The van der Waals surface area contributed by atoms with Gasteiger partial charge in [0.2, 0.25) is 8.53 Å². The van der Waals surface area contributed by atoms with Gasteiger partial charge in [0.1, 0.15) is 0 Å². The fraction of sp³-hybridized carbons (Fsp3) is 0.333. The molecule has 1 heterocycles. The third kappa shape index (κ3) is 12.1. The SMILES string of the molecule is C1=CSSC1.NP(O)O. The van der Waals surface area contributed by atoms with Crippen molar-refractivity contribution in [1.29, 1.82) is 0 Å². The van der Waals surface area contributed by atoms with Crippen LogP contribution in [0, 0.1) is 0 Å². The van der Waals surface area contributed by atoms with Crippen molar-refractivity contribution in [2.75, 3.05) is 5.75 Å². The van der Waals surface area contributed by atoms with Gasteiger partial charge in [0.05, 0.1) is 0 Å². The van der Waals surface area contributed by atoms with Gasteiger partial charge < -0.3 is 9.79 Å². The smallest absolute Gasteiger partial charge is 0.247 e. The van der Waals surface area contributed by atoms with Crippen LogP contribution in [0.5, 0.6) is 0 Å². The minimum atomic E-state index is -2.12. The zero-order chi connectivity index (χ0) is 7.11. The van der Waals surface area contributed by atoms with Gasteiger partial charge in [-0.3, -0.25) is 5.50 Å². The lowest BCUT2D eigenvalue weighted by Gasteiger charge is -1.79. The quantitative estimate of drug-likeness (QED) is 0.389. The number of rotatable bonds is 0. The molecule has 0 unspecified atom stereocenters. The van der Waals surface area contributed by atoms with E-state index in [0.29, 0.717) is 0 Å². The van der Waals surface area contributed by atoms with Crippen LogP contribution in [-0.4, -0.2) is 15.5 Å². The Balaban J connectivity index is 0.000000148. The summed E-state index contributed by atoms with van der Waals surface area (Å²) in [4.78, 5) is 14.9. The minimum absolute atomic E-state index is 1.20. The Hall–Kier alpha value is 0.750. The van der Waals surface area contributed by atoms with Gasteiger partial charge in [-0.15, -0.1) is 0 Å². The molecule has 0 aromatic rings. The predicted molar refractivity (Wildman–Crippen MR) is 44.7 cm³/mol. The van der Waals surface area contributed by atoms with Crippen molar-refractivity contribution < 1.29 is 9.79 Å². The van der Waals surface area contributed by atoms with E-state index >= 15 is 0 Å². The van der Waals surface area contributed by atoms with Crippen LogP contribution >= 0.6 is 30.1 Å². The van der Waals surface area contributed by atoms with Crippen molar-refractivity contribution in [3.8, 4) is 0 Å². The maximum Gasteiger partial charge on any atom is 0.247 e. The van der Waals surface area contributed by atoms with E-state index in [2.05, 4.69) is 17.0 Å². The van der Waals surface area contributed by atoms with Crippen molar-refractivity contribution in [2.45, 2.75) is 0 Å². The van der Waals surface area contributed by atoms with Crippen LogP contribution in [0.4, 0.5) is 0 Å². The highest BCUT2D eigenvalue weighted by molar-refractivity contribution is 8.78. The molecule has 0 spiro atoms. The summed E-state index contributed by atoms with van der Waals surface area (Å²) in [7, 11) is 1.57. The average Bonchev–Trinajstić information content (AvgIpc) is 2.11. The molecule has 9 heavy (non-hydrogen) atoms. The number of nitrogens with two attached hydrogens (primary N) is 1. The molecule has 6 heteroatoms. The van der Waals surface area contributed by atoms with E-state index in [1.165, 1.54) is 5.75 Å².